The Hall–Kier alpha value is -3.14. The van der Waals surface area contributed by atoms with E-state index in [1.54, 1.807) is 31.2 Å². The number of methoxy groups -OCH3 is 1. The van der Waals surface area contributed by atoms with Crippen LogP contribution in [0.2, 0.25) is 0 Å². The summed E-state index contributed by atoms with van der Waals surface area (Å²) in [6.07, 6.45) is 0.958. The number of hydrogen-bond acceptors (Lipinski definition) is 5. The third kappa shape index (κ3) is 6.42. The Morgan fingerprint density at radius 2 is 1.68 bits per heavy atom. The van der Waals surface area contributed by atoms with Crippen molar-refractivity contribution in [2.75, 3.05) is 31.3 Å². The van der Waals surface area contributed by atoms with Gasteiger partial charge in [0.2, 0.25) is 21.8 Å². The zero-order valence-corrected chi connectivity index (χ0v) is 18.6. The summed E-state index contributed by atoms with van der Waals surface area (Å²) in [5.41, 5.74) is 0.881. The fourth-order valence-corrected chi connectivity index (χ4v) is 3.79. The van der Waals surface area contributed by atoms with Gasteiger partial charge in [0.15, 0.2) is 0 Å². The lowest BCUT2D eigenvalue weighted by Crippen LogP contribution is -2.50. The van der Waals surface area contributed by atoms with Gasteiger partial charge < -0.3 is 15.0 Å². The molecule has 8 nitrogen and oxygen atoms in total. The predicted molar refractivity (Wildman–Crippen MR) is 116 cm³/mol. The lowest BCUT2D eigenvalue weighted by Gasteiger charge is -2.31. The van der Waals surface area contributed by atoms with Gasteiger partial charge in [0.1, 0.15) is 24.2 Å². The topological polar surface area (TPSA) is 96.0 Å². The summed E-state index contributed by atoms with van der Waals surface area (Å²) in [6.45, 7) is 1.10. The Bertz CT molecular complexity index is 1010. The van der Waals surface area contributed by atoms with Gasteiger partial charge in [-0.15, -0.1) is 0 Å². The standard InChI is InChI=1S/C21H26FN3O5S/c1-15(21(27)23-2)24(13-16-5-11-19(30-3)12-6-16)20(26)14-25(31(4,28)29)18-9-7-17(22)8-10-18/h5-12,15H,13-14H2,1-4H3,(H,23,27)/t15-/m0/s1. The van der Waals surface area contributed by atoms with Crippen LogP contribution in [0.1, 0.15) is 12.5 Å². The summed E-state index contributed by atoms with van der Waals surface area (Å²) in [5, 5.41) is 2.50. The molecular formula is C21H26FN3O5S. The highest BCUT2D eigenvalue weighted by Crippen LogP contribution is 2.20. The quantitative estimate of drug-likeness (QED) is 0.627. The van der Waals surface area contributed by atoms with Crippen molar-refractivity contribution in [1.82, 2.24) is 10.2 Å². The summed E-state index contributed by atoms with van der Waals surface area (Å²) < 4.78 is 43.9. The molecular weight excluding hydrogens is 425 g/mol. The number of rotatable bonds is 9. The zero-order valence-electron chi connectivity index (χ0n) is 17.8. The Morgan fingerprint density at radius 3 is 2.16 bits per heavy atom. The minimum absolute atomic E-state index is 0.0818. The van der Waals surface area contributed by atoms with Crippen LogP contribution in [0.3, 0.4) is 0 Å². The second-order valence-corrected chi connectivity index (χ2v) is 8.81. The average Bonchev–Trinajstić information content (AvgIpc) is 2.75. The number of anilines is 1. The number of ether oxygens (including phenoxy) is 1. The van der Waals surface area contributed by atoms with Crippen LogP contribution in [0.15, 0.2) is 48.5 Å². The van der Waals surface area contributed by atoms with E-state index in [1.165, 1.54) is 31.2 Å². The van der Waals surface area contributed by atoms with E-state index in [0.29, 0.717) is 5.75 Å². The Balaban J connectivity index is 2.34. The summed E-state index contributed by atoms with van der Waals surface area (Å²) in [7, 11) is -0.856. The number of amides is 2. The number of carbonyl (C=O) groups excluding carboxylic acids is 2. The minimum Gasteiger partial charge on any atom is -0.497 e. The zero-order chi connectivity index (χ0) is 23.2. The van der Waals surface area contributed by atoms with Crippen molar-refractivity contribution in [3.8, 4) is 5.75 Å². The van der Waals surface area contributed by atoms with Crippen LogP contribution in [0, 0.1) is 5.82 Å². The van der Waals surface area contributed by atoms with Crippen molar-refractivity contribution >= 4 is 27.5 Å². The highest BCUT2D eigenvalue weighted by Gasteiger charge is 2.29. The van der Waals surface area contributed by atoms with Crippen LogP contribution in [-0.4, -0.2) is 58.1 Å². The molecule has 0 aliphatic rings. The first-order chi connectivity index (χ1) is 14.6. The molecule has 2 rings (SSSR count). The largest absolute Gasteiger partial charge is 0.497 e. The molecule has 0 bridgehead atoms. The molecule has 31 heavy (non-hydrogen) atoms. The van der Waals surface area contributed by atoms with Crippen LogP contribution < -0.4 is 14.4 Å². The van der Waals surface area contributed by atoms with Crippen LogP contribution >= 0.6 is 0 Å². The maximum absolute atomic E-state index is 13.3. The molecule has 0 saturated carbocycles. The number of carbonyl (C=O) groups is 2. The van der Waals surface area contributed by atoms with Crippen molar-refractivity contribution in [3.05, 3.63) is 59.9 Å². The van der Waals surface area contributed by atoms with Gasteiger partial charge in [-0.25, -0.2) is 12.8 Å². The Kier molecular flexibility index (Phi) is 7.98. The van der Waals surface area contributed by atoms with Crippen LogP contribution in [-0.2, 0) is 26.2 Å². The molecule has 0 unspecified atom stereocenters. The Labute approximate surface area is 181 Å². The van der Waals surface area contributed by atoms with Gasteiger partial charge >= 0.3 is 0 Å². The number of likely N-dealkylation sites (N-methyl/N-ethyl adjacent to an activating group) is 1. The van der Waals surface area contributed by atoms with Crippen LogP contribution in [0.5, 0.6) is 5.75 Å². The van der Waals surface area contributed by atoms with E-state index in [1.807, 2.05) is 0 Å². The molecule has 0 spiro atoms. The molecule has 0 fully saturated rings. The number of hydrogen-bond donors (Lipinski definition) is 1. The average molecular weight is 452 g/mol. The smallest absolute Gasteiger partial charge is 0.244 e. The molecule has 2 aromatic rings. The normalized spacial score (nSPS) is 12.0. The fourth-order valence-electron chi connectivity index (χ4n) is 2.94. The van der Waals surface area contributed by atoms with Gasteiger partial charge in [0.05, 0.1) is 19.1 Å². The van der Waals surface area contributed by atoms with Crippen LogP contribution in [0.4, 0.5) is 10.1 Å². The molecule has 0 saturated heterocycles. The maximum atomic E-state index is 13.3. The van der Waals surface area contributed by atoms with Gasteiger partial charge in [-0.2, -0.15) is 0 Å². The summed E-state index contributed by atoms with van der Waals surface area (Å²) in [4.78, 5) is 26.7. The van der Waals surface area contributed by atoms with Gasteiger partial charge in [-0.3, -0.25) is 13.9 Å². The van der Waals surface area contributed by atoms with Gasteiger partial charge in [-0.1, -0.05) is 12.1 Å². The van der Waals surface area contributed by atoms with Crippen LogP contribution in [0.25, 0.3) is 0 Å². The second kappa shape index (κ2) is 10.3. The summed E-state index contributed by atoms with van der Waals surface area (Å²) >= 11 is 0. The lowest BCUT2D eigenvalue weighted by atomic mass is 10.1. The first kappa shape index (κ1) is 24.1. The van der Waals surface area contributed by atoms with E-state index in [4.69, 9.17) is 4.74 Å². The van der Waals surface area contributed by atoms with Gasteiger partial charge in [0.25, 0.3) is 0 Å². The first-order valence-corrected chi connectivity index (χ1v) is 11.3. The molecule has 168 valence electrons. The fraction of sp³-hybridized carbons (Fsp3) is 0.333. The van der Waals surface area contributed by atoms with Crippen molar-refractivity contribution in [1.29, 1.82) is 0 Å². The molecule has 2 aromatic carbocycles. The minimum atomic E-state index is -3.85. The Morgan fingerprint density at radius 1 is 1.10 bits per heavy atom. The molecule has 2 amide bonds. The van der Waals surface area contributed by atoms with Crippen molar-refractivity contribution in [3.63, 3.8) is 0 Å². The number of nitrogens with zero attached hydrogens (tertiary/aromatic N) is 2. The molecule has 1 atom stereocenters. The van der Waals surface area contributed by atoms with Gasteiger partial charge in [0, 0.05) is 13.6 Å². The predicted octanol–water partition coefficient (Wildman–Crippen LogP) is 1.76. The van der Waals surface area contributed by atoms with Crippen molar-refractivity contribution in [2.24, 2.45) is 0 Å². The second-order valence-electron chi connectivity index (χ2n) is 6.91. The monoisotopic (exact) mass is 451 g/mol. The highest BCUT2D eigenvalue weighted by molar-refractivity contribution is 7.92. The first-order valence-electron chi connectivity index (χ1n) is 9.44. The highest BCUT2D eigenvalue weighted by atomic mass is 32.2. The van der Waals surface area contributed by atoms with E-state index < -0.39 is 40.2 Å². The molecule has 0 radical (unpaired) electrons. The van der Waals surface area contributed by atoms with E-state index in [0.717, 1.165) is 28.3 Å². The van der Waals surface area contributed by atoms with Gasteiger partial charge in [-0.05, 0) is 48.9 Å². The van der Waals surface area contributed by atoms with Crippen molar-refractivity contribution in [2.45, 2.75) is 19.5 Å². The number of benzene rings is 2. The third-order valence-corrected chi connectivity index (χ3v) is 5.86. The molecule has 0 heterocycles. The summed E-state index contributed by atoms with van der Waals surface area (Å²) in [6, 6.07) is 10.9. The van der Waals surface area contributed by atoms with E-state index in [2.05, 4.69) is 5.32 Å². The SMILES string of the molecule is CNC(=O)[C@H](C)N(Cc1ccc(OC)cc1)C(=O)CN(c1ccc(F)cc1)S(C)(=O)=O. The van der Waals surface area contributed by atoms with E-state index in [9.17, 15) is 22.4 Å². The molecule has 0 aliphatic heterocycles. The molecule has 10 heteroatoms. The molecule has 0 aliphatic carbocycles. The number of sulfonamides is 1. The third-order valence-electron chi connectivity index (χ3n) is 4.72. The van der Waals surface area contributed by atoms with E-state index in [-0.39, 0.29) is 12.2 Å². The molecule has 1 N–H and O–H groups in total. The molecule has 0 aromatic heterocycles. The maximum Gasteiger partial charge on any atom is 0.244 e. The number of halogens is 1. The van der Waals surface area contributed by atoms with E-state index >= 15 is 0 Å². The summed E-state index contributed by atoms with van der Waals surface area (Å²) in [5.74, 6) is -0.866. The lowest BCUT2D eigenvalue weighted by molar-refractivity contribution is -0.139. The number of nitrogens with one attached hydrogen (secondary N) is 1. The van der Waals surface area contributed by atoms with Crippen molar-refractivity contribution < 1.29 is 27.1 Å².